The Balaban J connectivity index is 0.826. The van der Waals surface area contributed by atoms with E-state index in [2.05, 4.69) is 85.7 Å². The molecular formula is C46H54BrFN13O4P. The van der Waals surface area contributed by atoms with Gasteiger partial charge in [0.15, 0.2) is 5.82 Å². The molecule has 0 spiro atoms. The Labute approximate surface area is 391 Å². The van der Waals surface area contributed by atoms with E-state index in [9.17, 15) is 14.2 Å². The molecule has 3 fully saturated rings. The molecule has 3 N–H and O–H groups in total. The van der Waals surface area contributed by atoms with Gasteiger partial charge in [-0.3, -0.25) is 29.6 Å². The highest BCUT2D eigenvalue weighted by atomic mass is 79.9. The van der Waals surface area contributed by atoms with Crippen molar-refractivity contribution in [2.45, 2.75) is 39.5 Å². The first kappa shape index (κ1) is 45.3. The van der Waals surface area contributed by atoms with Crippen LogP contribution in [0.4, 0.5) is 49.5 Å². The van der Waals surface area contributed by atoms with Crippen LogP contribution in [0.15, 0.2) is 53.3 Å². The number of urea groups is 1. The van der Waals surface area contributed by atoms with E-state index in [4.69, 9.17) is 9.72 Å². The molecule has 0 radical (unpaired) electrons. The van der Waals surface area contributed by atoms with Crippen molar-refractivity contribution in [3.63, 3.8) is 0 Å². The Morgan fingerprint density at radius 2 is 1.68 bits per heavy atom. The highest BCUT2D eigenvalue weighted by Crippen LogP contribution is 2.42. The number of piperazine rings is 1. The third-order valence-corrected chi connectivity index (χ3v) is 14.9. The number of carbonyl (C=O) groups excluding carboxylic acids is 2. The van der Waals surface area contributed by atoms with Crippen LogP contribution in [0.25, 0.3) is 21.9 Å². The van der Waals surface area contributed by atoms with Gasteiger partial charge in [0.05, 0.1) is 50.7 Å². The van der Waals surface area contributed by atoms with Gasteiger partial charge in [0.25, 0.3) is 0 Å². The van der Waals surface area contributed by atoms with Gasteiger partial charge in [-0.2, -0.15) is 10.1 Å². The Morgan fingerprint density at radius 3 is 2.39 bits per heavy atom. The molecule has 6 aromatic rings. The van der Waals surface area contributed by atoms with E-state index in [-0.39, 0.29) is 24.7 Å². The van der Waals surface area contributed by atoms with Gasteiger partial charge in [-0.25, -0.2) is 19.2 Å². The van der Waals surface area contributed by atoms with Crippen molar-refractivity contribution in [2.24, 2.45) is 13.0 Å². The van der Waals surface area contributed by atoms with Crippen LogP contribution in [-0.2, 0) is 22.8 Å². The zero-order valence-corrected chi connectivity index (χ0v) is 40.5. The van der Waals surface area contributed by atoms with Crippen LogP contribution in [0, 0.1) is 18.7 Å². The maximum Gasteiger partial charge on any atom is 0.329 e. The smallest absolute Gasteiger partial charge is 0.329 e. The number of benzene rings is 3. The van der Waals surface area contributed by atoms with E-state index in [1.54, 1.807) is 44.6 Å². The number of piperidine rings is 1. The average Bonchev–Trinajstić information content (AvgIpc) is 3.60. The number of nitrogens with one attached hydrogen (secondary N) is 3. The molecule has 346 valence electrons. The number of fused-ring (bicyclic) bond motifs is 2. The minimum absolute atomic E-state index is 0.166. The Morgan fingerprint density at radius 1 is 0.924 bits per heavy atom. The summed E-state index contributed by atoms with van der Waals surface area (Å²) in [5, 5.41) is 14.8. The predicted octanol–water partition coefficient (Wildman–Crippen LogP) is 7.31. The first-order valence-corrected chi connectivity index (χ1v) is 25.7. The summed E-state index contributed by atoms with van der Waals surface area (Å²) in [6.07, 6.45) is 6.46. The number of aromatic nitrogens is 6. The molecule has 3 aliphatic rings. The molecule has 3 aromatic heterocycles. The molecule has 20 heteroatoms. The van der Waals surface area contributed by atoms with Gasteiger partial charge in [0, 0.05) is 95.4 Å². The lowest BCUT2D eigenvalue weighted by Crippen LogP contribution is -2.49. The van der Waals surface area contributed by atoms with Crippen LogP contribution >= 0.6 is 23.1 Å². The number of halogens is 2. The summed E-state index contributed by atoms with van der Waals surface area (Å²) >= 11 is 3.60. The van der Waals surface area contributed by atoms with Gasteiger partial charge in [-0.05, 0) is 97.3 Å². The summed E-state index contributed by atoms with van der Waals surface area (Å²) < 4.78 is 37.6. The highest BCUT2D eigenvalue weighted by molar-refractivity contribution is 9.10. The number of anilines is 7. The first-order chi connectivity index (χ1) is 31.7. The number of aryl methyl sites for hydroxylation is 3. The number of imide groups is 1. The van der Waals surface area contributed by atoms with Crippen molar-refractivity contribution in [1.29, 1.82) is 0 Å². The lowest BCUT2D eigenvalue weighted by Gasteiger charge is -2.40. The fourth-order valence-corrected chi connectivity index (χ4v) is 11.1. The van der Waals surface area contributed by atoms with Gasteiger partial charge in [0.2, 0.25) is 11.9 Å². The second-order valence-electron chi connectivity index (χ2n) is 17.6. The summed E-state index contributed by atoms with van der Waals surface area (Å²) in [6, 6.07) is 10.7. The molecule has 9 rings (SSSR count). The lowest BCUT2D eigenvalue weighted by molar-refractivity contribution is -0.120. The molecule has 3 aliphatic heterocycles. The quantitative estimate of drug-likeness (QED) is 0.104. The number of carbonyl (C=O) groups is 2. The zero-order valence-electron chi connectivity index (χ0n) is 38.0. The van der Waals surface area contributed by atoms with Crippen LogP contribution in [0.3, 0.4) is 0 Å². The molecule has 0 bridgehead atoms. The number of methoxy groups -OCH3 is 1. The number of rotatable bonds is 12. The average molecular weight is 983 g/mol. The SMILES string of the molecule is CCc1cc(Nc2ncc(Br)c(Nc3ccc4nc(C)cnc4c3P(C)(C)=O)n2)c(OC)cc1N1CCC(CN2CCN(c3cc4c(cc3F)c(N3CCC(=O)NC3=O)nn4C)CC2)CC1. The number of ether oxygens (including phenoxy) is 1. The Hall–Kier alpha value is -5.91. The molecular weight excluding hydrogens is 928 g/mol. The van der Waals surface area contributed by atoms with Gasteiger partial charge in [-0.1, -0.05) is 6.92 Å². The highest BCUT2D eigenvalue weighted by Gasteiger charge is 2.31. The van der Waals surface area contributed by atoms with Gasteiger partial charge < -0.3 is 29.7 Å². The largest absolute Gasteiger partial charge is 0.494 e. The van der Waals surface area contributed by atoms with Crippen molar-refractivity contribution in [2.75, 3.05) is 98.1 Å². The second-order valence-corrected chi connectivity index (χ2v) is 21.6. The van der Waals surface area contributed by atoms with Crippen molar-refractivity contribution in [1.82, 2.24) is 39.9 Å². The van der Waals surface area contributed by atoms with E-state index in [1.165, 1.54) is 16.5 Å². The molecule has 66 heavy (non-hydrogen) atoms. The summed E-state index contributed by atoms with van der Waals surface area (Å²) in [6.45, 7) is 13.6. The molecule has 0 saturated carbocycles. The van der Waals surface area contributed by atoms with E-state index in [1.807, 2.05) is 25.1 Å². The molecule has 0 aliphatic carbocycles. The Kier molecular flexibility index (Phi) is 12.6. The third-order valence-electron chi connectivity index (χ3n) is 12.8. The lowest BCUT2D eigenvalue weighted by atomic mass is 9.94. The van der Waals surface area contributed by atoms with Crippen molar-refractivity contribution >= 4 is 103 Å². The molecule has 0 unspecified atom stereocenters. The minimum atomic E-state index is -2.80. The Bertz CT molecular complexity index is 2910. The van der Waals surface area contributed by atoms with E-state index >= 15 is 4.39 Å². The van der Waals surface area contributed by atoms with Crippen molar-refractivity contribution in [3.8, 4) is 5.75 Å². The van der Waals surface area contributed by atoms with Gasteiger partial charge in [-0.15, -0.1) is 0 Å². The fraction of sp³-hybridized carbons (Fsp3) is 0.413. The van der Waals surface area contributed by atoms with Gasteiger partial charge in [0.1, 0.15) is 30.0 Å². The number of amides is 3. The third kappa shape index (κ3) is 9.12. The molecule has 17 nitrogen and oxygen atoms in total. The molecule has 3 amide bonds. The molecule has 0 atom stereocenters. The summed E-state index contributed by atoms with van der Waals surface area (Å²) in [5.41, 5.74) is 7.04. The van der Waals surface area contributed by atoms with E-state index in [0.717, 1.165) is 74.6 Å². The minimum Gasteiger partial charge on any atom is -0.494 e. The predicted molar refractivity (Wildman–Crippen MR) is 262 cm³/mol. The first-order valence-electron chi connectivity index (χ1n) is 22.3. The summed E-state index contributed by atoms with van der Waals surface area (Å²) in [7, 11) is 0.650. The molecule has 6 heterocycles. The van der Waals surface area contributed by atoms with Crippen molar-refractivity contribution < 1.29 is 23.3 Å². The maximum absolute atomic E-state index is 15.8. The van der Waals surface area contributed by atoms with Gasteiger partial charge >= 0.3 is 6.03 Å². The van der Waals surface area contributed by atoms with E-state index < -0.39 is 13.2 Å². The summed E-state index contributed by atoms with van der Waals surface area (Å²) in [4.78, 5) is 51.3. The zero-order chi connectivity index (χ0) is 46.4. The number of hydrogen-bond acceptors (Lipinski definition) is 14. The second kappa shape index (κ2) is 18.4. The maximum atomic E-state index is 15.8. The van der Waals surface area contributed by atoms with E-state index in [0.29, 0.717) is 79.9 Å². The van der Waals surface area contributed by atoms with Crippen LogP contribution in [-0.4, -0.2) is 119 Å². The molecule has 3 aromatic carbocycles. The monoisotopic (exact) mass is 981 g/mol. The summed E-state index contributed by atoms with van der Waals surface area (Å²) in [5.74, 6) is 1.75. The van der Waals surface area contributed by atoms with Crippen LogP contribution in [0.1, 0.15) is 37.4 Å². The van der Waals surface area contributed by atoms with Crippen LogP contribution < -0.4 is 40.7 Å². The standard InChI is InChI=1S/C46H54BrFN13O4P/c1-7-29-20-35(53-45-50-25-31(47)43(55-45)52-34-9-8-33-41(42(34)66(5,6)64)49-24-27(2)51-33)39(65-4)23-36(29)59-13-10-28(11-14-59)26-58-16-18-60(19-17-58)38-22-37-30(21-32(38)48)44(56-57(37)3)61-15-12-40(62)54-46(61)63/h8-9,20-25,28H,7,10-19,26H2,1-6H3,(H,54,62,63)(H2,50,52,53,55). The molecule has 3 saturated heterocycles. The van der Waals surface area contributed by atoms with Crippen LogP contribution in [0.2, 0.25) is 0 Å². The number of hydrogen-bond donors (Lipinski definition) is 3. The van der Waals surface area contributed by atoms with Crippen LogP contribution in [0.5, 0.6) is 5.75 Å². The van der Waals surface area contributed by atoms with Crippen molar-refractivity contribution in [3.05, 3.63) is 70.3 Å². The fourth-order valence-electron chi connectivity index (χ4n) is 9.38. The normalized spacial score (nSPS) is 16.6. The topological polar surface area (TPSA) is 179 Å². The number of nitrogens with zero attached hydrogens (tertiary/aromatic N) is 10.